The molecule has 0 bridgehead atoms. The summed E-state index contributed by atoms with van der Waals surface area (Å²) in [4.78, 5) is 11.5. The molecule has 1 aliphatic rings. The number of amides is 1. The normalized spacial score (nSPS) is 18.1. The molecule has 0 spiro atoms. The van der Waals surface area contributed by atoms with E-state index in [0.29, 0.717) is 11.8 Å². The second kappa shape index (κ2) is 7.80. The van der Waals surface area contributed by atoms with Crippen molar-refractivity contribution >= 4 is 17.7 Å². The lowest BCUT2D eigenvalue weighted by atomic mass is 10.1. The number of carbonyl (C=O) groups excluding carboxylic acids is 1. The van der Waals surface area contributed by atoms with Crippen LogP contribution in [0.5, 0.6) is 0 Å². The van der Waals surface area contributed by atoms with Crippen LogP contribution in [0.2, 0.25) is 0 Å². The van der Waals surface area contributed by atoms with Crippen LogP contribution >= 0.6 is 11.8 Å². The van der Waals surface area contributed by atoms with Gasteiger partial charge in [-0.3, -0.25) is 4.79 Å². The molecule has 0 radical (unpaired) electrons. The van der Waals surface area contributed by atoms with Gasteiger partial charge in [0.15, 0.2) is 0 Å². The number of carbonyl (C=O) groups is 1. The number of hydrogen-bond donors (Lipinski definition) is 1. The highest BCUT2D eigenvalue weighted by atomic mass is 32.2. The Bertz CT molecular complexity index is 198. The van der Waals surface area contributed by atoms with Crippen molar-refractivity contribution in [2.75, 3.05) is 11.5 Å². The molecule has 0 aliphatic heterocycles. The van der Waals surface area contributed by atoms with E-state index in [1.807, 2.05) is 6.08 Å². The van der Waals surface area contributed by atoms with Crippen LogP contribution in [0.1, 0.15) is 38.5 Å². The van der Waals surface area contributed by atoms with Crippen molar-refractivity contribution in [1.29, 1.82) is 0 Å². The summed E-state index contributed by atoms with van der Waals surface area (Å²) in [7, 11) is 0. The molecule has 0 saturated heterocycles. The molecule has 86 valence electrons. The summed E-state index contributed by atoms with van der Waals surface area (Å²) >= 11 is 1.63. The first-order valence-electron chi connectivity index (χ1n) is 5.81. The van der Waals surface area contributed by atoms with Crippen LogP contribution in [0.25, 0.3) is 0 Å². The van der Waals surface area contributed by atoms with Crippen LogP contribution in [-0.4, -0.2) is 23.5 Å². The predicted octanol–water partition coefficient (Wildman–Crippen LogP) is 2.74. The summed E-state index contributed by atoms with van der Waals surface area (Å²) in [5, 5.41) is 3.12. The molecule has 0 aromatic heterocycles. The SMILES string of the molecule is C=CCSCC(=O)NC1CCCCCC1. The standard InChI is InChI=1S/C12H21NOS/c1-2-9-15-10-12(14)13-11-7-5-3-4-6-8-11/h2,11H,1,3-10H2,(H,13,14). The minimum absolute atomic E-state index is 0.189. The number of thioether (sulfide) groups is 1. The van der Waals surface area contributed by atoms with Gasteiger partial charge in [0.25, 0.3) is 0 Å². The average molecular weight is 227 g/mol. The van der Waals surface area contributed by atoms with E-state index in [1.165, 1.54) is 25.7 Å². The molecule has 1 amide bonds. The Hall–Kier alpha value is -0.440. The van der Waals surface area contributed by atoms with Gasteiger partial charge in [0.2, 0.25) is 5.91 Å². The first-order valence-corrected chi connectivity index (χ1v) is 6.96. The van der Waals surface area contributed by atoms with E-state index < -0.39 is 0 Å². The maximum atomic E-state index is 11.5. The molecule has 0 aromatic rings. The zero-order chi connectivity index (χ0) is 10.9. The highest BCUT2D eigenvalue weighted by molar-refractivity contribution is 8.00. The third-order valence-electron chi connectivity index (χ3n) is 2.69. The van der Waals surface area contributed by atoms with Crippen molar-refractivity contribution < 1.29 is 4.79 Å². The highest BCUT2D eigenvalue weighted by Crippen LogP contribution is 2.17. The molecule has 1 saturated carbocycles. The van der Waals surface area contributed by atoms with Crippen molar-refractivity contribution in [2.45, 2.75) is 44.6 Å². The topological polar surface area (TPSA) is 29.1 Å². The second-order valence-corrected chi connectivity index (χ2v) is 5.09. The summed E-state index contributed by atoms with van der Waals surface area (Å²) in [6, 6.07) is 0.435. The van der Waals surface area contributed by atoms with Crippen LogP contribution in [-0.2, 0) is 4.79 Å². The first-order chi connectivity index (χ1) is 7.33. The Labute approximate surface area is 96.9 Å². The minimum atomic E-state index is 0.189. The summed E-state index contributed by atoms with van der Waals surface area (Å²) < 4.78 is 0. The molecule has 1 rings (SSSR count). The monoisotopic (exact) mass is 227 g/mol. The van der Waals surface area contributed by atoms with E-state index in [-0.39, 0.29) is 5.91 Å². The molecular formula is C12H21NOS. The maximum Gasteiger partial charge on any atom is 0.230 e. The van der Waals surface area contributed by atoms with Crippen molar-refractivity contribution in [2.24, 2.45) is 0 Å². The van der Waals surface area contributed by atoms with Gasteiger partial charge >= 0.3 is 0 Å². The molecule has 0 atom stereocenters. The van der Waals surface area contributed by atoms with Crippen LogP contribution in [0, 0.1) is 0 Å². The maximum absolute atomic E-state index is 11.5. The van der Waals surface area contributed by atoms with Crippen LogP contribution in [0.4, 0.5) is 0 Å². The highest BCUT2D eigenvalue weighted by Gasteiger charge is 2.13. The van der Waals surface area contributed by atoms with Crippen LogP contribution < -0.4 is 5.32 Å². The fourth-order valence-corrected chi connectivity index (χ4v) is 2.48. The van der Waals surface area contributed by atoms with E-state index in [4.69, 9.17) is 0 Å². The molecule has 15 heavy (non-hydrogen) atoms. The van der Waals surface area contributed by atoms with Gasteiger partial charge in [-0.15, -0.1) is 18.3 Å². The Morgan fingerprint density at radius 2 is 2.00 bits per heavy atom. The van der Waals surface area contributed by atoms with Gasteiger partial charge in [0, 0.05) is 11.8 Å². The van der Waals surface area contributed by atoms with Crippen molar-refractivity contribution in [1.82, 2.24) is 5.32 Å². The van der Waals surface area contributed by atoms with Crippen molar-refractivity contribution in [3.8, 4) is 0 Å². The zero-order valence-corrected chi connectivity index (χ0v) is 10.2. The lowest BCUT2D eigenvalue weighted by Gasteiger charge is -2.15. The van der Waals surface area contributed by atoms with E-state index in [2.05, 4.69) is 11.9 Å². The largest absolute Gasteiger partial charge is 0.353 e. The molecule has 0 unspecified atom stereocenters. The average Bonchev–Trinajstić information content (AvgIpc) is 2.47. The Morgan fingerprint density at radius 1 is 1.33 bits per heavy atom. The zero-order valence-electron chi connectivity index (χ0n) is 9.34. The number of rotatable bonds is 5. The third-order valence-corrected chi connectivity index (χ3v) is 3.63. The summed E-state index contributed by atoms with van der Waals surface area (Å²) in [5.74, 6) is 1.62. The molecule has 0 heterocycles. The Morgan fingerprint density at radius 3 is 2.60 bits per heavy atom. The number of nitrogens with one attached hydrogen (secondary N) is 1. The van der Waals surface area contributed by atoms with Gasteiger partial charge in [-0.05, 0) is 12.8 Å². The van der Waals surface area contributed by atoms with Gasteiger partial charge in [0.1, 0.15) is 0 Å². The smallest absolute Gasteiger partial charge is 0.230 e. The molecule has 3 heteroatoms. The molecule has 1 fully saturated rings. The lowest BCUT2D eigenvalue weighted by Crippen LogP contribution is -2.35. The Balaban J connectivity index is 2.14. The van der Waals surface area contributed by atoms with E-state index in [0.717, 1.165) is 18.6 Å². The van der Waals surface area contributed by atoms with E-state index >= 15 is 0 Å². The van der Waals surface area contributed by atoms with Crippen LogP contribution in [0.3, 0.4) is 0 Å². The summed E-state index contributed by atoms with van der Waals surface area (Å²) in [6.07, 6.45) is 9.37. The van der Waals surface area contributed by atoms with E-state index in [1.54, 1.807) is 11.8 Å². The number of hydrogen-bond acceptors (Lipinski definition) is 2. The molecule has 0 aromatic carbocycles. The van der Waals surface area contributed by atoms with Gasteiger partial charge < -0.3 is 5.32 Å². The van der Waals surface area contributed by atoms with Gasteiger partial charge in [0.05, 0.1) is 5.75 Å². The molecular weight excluding hydrogens is 206 g/mol. The Kier molecular flexibility index (Phi) is 6.57. The van der Waals surface area contributed by atoms with Gasteiger partial charge in [-0.25, -0.2) is 0 Å². The minimum Gasteiger partial charge on any atom is -0.353 e. The fourth-order valence-electron chi connectivity index (χ4n) is 1.93. The lowest BCUT2D eigenvalue weighted by molar-refractivity contribution is -0.119. The van der Waals surface area contributed by atoms with Crippen LogP contribution in [0.15, 0.2) is 12.7 Å². The van der Waals surface area contributed by atoms with Crippen molar-refractivity contribution in [3.05, 3.63) is 12.7 Å². The molecule has 2 nitrogen and oxygen atoms in total. The quantitative estimate of drug-likeness (QED) is 0.444. The van der Waals surface area contributed by atoms with E-state index in [9.17, 15) is 4.79 Å². The van der Waals surface area contributed by atoms with Gasteiger partial charge in [-0.1, -0.05) is 31.8 Å². The summed E-state index contributed by atoms with van der Waals surface area (Å²) in [6.45, 7) is 3.63. The predicted molar refractivity (Wildman–Crippen MR) is 67.2 cm³/mol. The molecule has 1 aliphatic carbocycles. The third kappa shape index (κ3) is 5.88. The van der Waals surface area contributed by atoms with Gasteiger partial charge in [-0.2, -0.15) is 0 Å². The first kappa shape index (κ1) is 12.6. The van der Waals surface area contributed by atoms with Crippen molar-refractivity contribution in [3.63, 3.8) is 0 Å². The summed E-state index contributed by atoms with van der Waals surface area (Å²) in [5.41, 5.74) is 0. The second-order valence-electron chi connectivity index (χ2n) is 4.06. The molecule has 1 N–H and O–H groups in total. The fraction of sp³-hybridized carbons (Fsp3) is 0.750.